The maximum Gasteiger partial charge on any atom is 0.258 e. The molecule has 3 aromatic rings. The summed E-state index contributed by atoms with van der Waals surface area (Å²) in [4.78, 5) is 31.0. The fraction of sp³-hybridized carbons (Fsp3) is 0.349. The van der Waals surface area contributed by atoms with E-state index in [1.165, 1.54) is 24.0 Å². The highest BCUT2D eigenvalue weighted by Crippen LogP contribution is 2.43. The Hall–Kier alpha value is -5.24. The number of nitrogens with zero attached hydrogens (tertiary/aromatic N) is 2. The van der Waals surface area contributed by atoms with Crippen LogP contribution in [0.2, 0.25) is 0 Å². The number of benzene rings is 3. The molecule has 6 rings (SSSR count). The minimum absolute atomic E-state index is 0.0296. The van der Waals surface area contributed by atoms with E-state index in [1.54, 1.807) is 31.3 Å². The number of amides is 2. The number of carbonyl (C=O) groups is 2. The average Bonchev–Trinajstić information content (AvgIpc) is 3.75. The van der Waals surface area contributed by atoms with Crippen molar-refractivity contribution in [3.8, 4) is 23.0 Å². The Balaban J connectivity index is 1.07. The molecule has 3 aliphatic rings. The van der Waals surface area contributed by atoms with E-state index in [1.807, 2.05) is 55.4 Å². The zero-order valence-corrected chi connectivity index (χ0v) is 30.4. The Kier molecular flexibility index (Phi) is 10.7. The molecule has 0 bridgehead atoms. The summed E-state index contributed by atoms with van der Waals surface area (Å²) < 4.78 is 23.5. The van der Waals surface area contributed by atoms with Gasteiger partial charge in [0.2, 0.25) is 0 Å². The van der Waals surface area contributed by atoms with Crippen LogP contribution < -0.4 is 18.9 Å². The van der Waals surface area contributed by atoms with Gasteiger partial charge in [0.15, 0.2) is 23.0 Å². The van der Waals surface area contributed by atoms with Gasteiger partial charge in [0.25, 0.3) is 11.8 Å². The van der Waals surface area contributed by atoms with Gasteiger partial charge in [0.1, 0.15) is 0 Å². The van der Waals surface area contributed by atoms with Crippen LogP contribution in [0.1, 0.15) is 75.1 Å². The Morgan fingerprint density at radius 2 is 1.24 bits per heavy atom. The van der Waals surface area contributed by atoms with Gasteiger partial charge in [-0.15, -0.1) is 13.2 Å². The first-order valence-corrected chi connectivity index (χ1v) is 17.7. The Labute approximate surface area is 301 Å². The summed E-state index contributed by atoms with van der Waals surface area (Å²) in [6, 6.07) is 15.4. The van der Waals surface area contributed by atoms with Gasteiger partial charge in [-0.3, -0.25) is 9.59 Å². The van der Waals surface area contributed by atoms with Crippen LogP contribution in [0.25, 0.3) is 5.57 Å². The van der Waals surface area contributed by atoms with E-state index < -0.39 is 0 Å². The molecule has 266 valence electrons. The molecule has 0 N–H and O–H groups in total. The predicted octanol–water partition coefficient (Wildman–Crippen LogP) is 8.61. The van der Waals surface area contributed by atoms with E-state index in [4.69, 9.17) is 18.9 Å². The van der Waals surface area contributed by atoms with E-state index >= 15 is 0 Å². The van der Waals surface area contributed by atoms with E-state index in [0.717, 1.165) is 28.7 Å². The molecule has 2 atom stereocenters. The van der Waals surface area contributed by atoms with Crippen LogP contribution >= 0.6 is 0 Å². The van der Waals surface area contributed by atoms with Crippen molar-refractivity contribution in [2.24, 2.45) is 5.92 Å². The number of carbonyl (C=O) groups excluding carboxylic acids is 2. The van der Waals surface area contributed by atoms with Crippen LogP contribution in [-0.4, -0.2) is 61.1 Å². The van der Waals surface area contributed by atoms with Gasteiger partial charge in [-0.25, -0.2) is 0 Å². The lowest BCUT2D eigenvalue weighted by Gasteiger charge is -2.23. The molecule has 8 heteroatoms. The molecule has 3 aromatic carbocycles. The summed E-state index contributed by atoms with van der Waals surface area (Å²) in [6.45, 7) is 14.6. The molecule has 2 unspecified atom stereocenters. The van der Waals surface area contributed by atoms with Crippen LogP contribution in [0.15, 0.2) is 91.8 Å². The van der Waals surface area contributed by atoms with Crippen LogP contribution in [0.5, 0.6) is 23.0 Å². The van der Waals surface area contributed by atoms with E-state index in [9.17, 15) is 9.59 Å². The fourth-order valence-corrected chi connectivity index (χ4v) is 6.84. The van der Waals surface area contributed by atoms with Crippen LogP contribution in [0.3, 0.4) is 0 Å². The van der Waals surface area contributed by atoms with Crippen molar-refractivity contribution < 1.29 is 28.5 Å². The second-order valence-corrected chi connectivity index (χ2v) is 13.6. The second-order valence-electron chi connectivity index (χ2n) is 13.6. The smallest absolute Gasteiger partial charge is 0.258 e. The lowest BCUT2D eigenvalue weighted by Crippen LogP contribution is -2.31. The van der Waals surface area contributed by atoms with Crippen molar-refractivity contribution in [2.45, 2.75) is 65.0 Å². The SMILES string of the molecule is C=CC1CC(c2ccc(C)cc2)=CN1C(=O)c1cc(OC)c(OCCCOc2cc(C)c(C(=O)N3C=C(C4CC4)CC3C=C)cc2OC)cc1C. The van der Waals surface area contributed by atoms with Crippen LogP contribution in [0, 0.1) is 26.7 Å². The first-order valence-electron chi connectivity index (χ1n) is 17.7. The number of hydrogen-bond acceptors (Lipinski definition) is 6. The summed E-state index contributed by atoms with van der Waals surface area (Å²) in [7, 11) is 3.14. The molecule has 1 saturated carbocycles. The lowest BCUT2D eigenvalue weighted by molar-refractivity contribution is 0.0797. The zero-order valence-electron chi connectivity index (χ0n) is 30.4. The van der Waals surface area contributed by atoms with E-state index in [2.05, 4.69) is 44.3 Å². The molecule has 1 fully saturated rings. The third kappa shape index (κ3) is 7.60. The highest BCUT2D eigenvalue weighted by molar-refractivity contribution is 5.99. The van der Waals surface area contributed by atoms with Gasteiger partial charge < -0.3 is 28.7 Å². The summed E-state index contributed by atoms with van der Waals surface area (Å²) in [6.07, 6.45) is 12.2. The van der Waals surface area contributed by atoms with Gasteiger partial charge in [-0.1, -0.05) is 42.0 Å². The monoisotopic (exact) mass is 688 g/mol. The van der Waals surface area contributed by atoms with Gasteiger partial charge in [-0.05, 0) is 104 Å². The molecule has 51 heavy (non-hydrogen) atoms. The molecule has 8 nitrogen and oxygen atoms in total. The van der Waals surface area contributed by atoms with Gasteiger partial charge >= 0.3 is 0 Å². The lowest BCUT2D eigenvalue weighted by atomic mass is 10.0. The molecular formula is C43H48N2O6. The van der Waals surface area contributed by atoms with Crippen LogP contribution in [0.4, 0.5) is 0 Å². The standard InChI is InChI=1S/C43H48N2O6/c1-8-34-21-32(30-13-11-27(3)12-14-30)25-44(34)42(46)36-23-38(48-6)40(19-28(36)4)50-17-10-18-51-41-20-29(5)37(24-39(41)49-7)43(47)45-26-33(31-15-16-31)22-35(45)9-2/h8-9,11-14,19-20,23-26,31,34-35H,1-2,10,15-18,21-22H2,3-7H3. The van der Waals surface area contributed by atoms with Gasteiger partial charge in [0, 0.05) is 29.9 Å². The highest BCUT2D eigenvalue weighted by Gasteiger charge is 2.36. The molecule has 2 aliphatic heterocycles. The Morgan fingerprint density at radius 1 is 0.725 bits per heavy atom. The maximum absolute atomic E-state index is 13.8. The normalized spacial score (nSPS) is 18.2. The number of methoxy groups -OCH3 is 2. The third-order valence-electron chi connectivity index (χ3n) is 10.0. The average molecular weight is 689 g/mol. The maximum atomic E-state index is 13.8. The molecule has 2 heterocycles. The molecule has 0 aromatic heterocycles. The van der Waals surface area contributed by atoms with Crippen LogP contribution in [-0.2, 0) is 0 Å². The molecule has 0 spiro atoms. The number of rotatable bonds is 14. The predicted molar refractivity (Wildman–Crippen MR) is 201 cm³/mol. The topological polar surface area (TPSA) is 77.5 Å². The molecule has 1 aliphatic carbocycles. The quantitative estimate of drug-likeness (QED) is 0.125. The van der Waals surface area contributed by atoms with Crippen molar-refractivity contribution >= 4 is 17.4 Å². The zero-order chi connectivity index (χ0) is 36.2. The molecule has 0 radical (unpaired) electrons. The van der Waals surface area contributed by atoms with Crippen molar-refractivity contribution in [3.63, 3.8) is 0 Å². The number of hydrogen-bond donors (Lipinski definition) is 0. The summed E-state index contributed by atoms with van der Waals surface area (Å²) in [5.41, 5.74) is 7.46. The van der Waals surface area contributed by atoms with Gasteiger partial charge in [0.05, 0.1) is 39.5 Å². The minimum atomic E-state index is -0.138. The second kappa shape index (κ2) is 15.3. The molecular weight excluding hydrogens is 640 g/mol. The summed E-state index contributed by atoms with van der Waals surface area (Å²) in [5, 5.41) is 0. The summed E-state index contributed by atoms with van der Waals surface area (Å²) in [5.74, 6) is 2.53. The van der Waals surface area contributed by atoms with E-state index in [0.29, 0.717) is 66.1 Å². The number of aryl methyl sites for hydroxylation is 3. The van der Waals surface area contributed by atoms with Crippen molar-refractivity contribution in [3.05, 3.63) is 125 Å². The largest absolute Gasteiger partial charge is 0.493 e. The molecule has 2 amide bonds. The van der Waals surface area contributed by atoms with E-state index in [-0.39, 0.29) is 23.9 Å². The Morgan fingerprint density at radius 3 is 1.73 bits per heavy atom. The van der Waals surface area contributed by atoms with Crippen molar-refractivity contribution in [1.82, 2.24) is 9.80 Å². The highest BCUT2D eigenvalue weighted by atomic mass is 16.5. The number of ether oxygens (including phenoxy) is 4. The van der Waals surface area contributed by atoms with Gasteiger partial charge in [-0.2, -0.15) is 0 Å². The fourth-order valence-electron chi connectivity index (χ4n) is 6.84. The summed E-state index contributed by atoms with van der Waals surface area (Å²) >= 11 is 0. The van der Waals surface area contributed by atoms with Crippen molar-refractivity contribution in [1.29, 1.82) is 0 Å². The first kappa shape index (κ1) is 35.6. The minimum Gasteiger partial charge on any atom is -0.493 e. The first-order chi connectivity index (χ1) is 24.6. The van der Waals surface area contributed by atoms with Crippen molar-refractivity contribution in [2.75, 3.05) is 27.4 Å². The molecule has 0 saturated heterocycles. The third-order valence-corrected chi connectivity index (χ3v) is 10.0. The Bertz CT molecular complexity index is 1890.